The lowest BCUT2D eigenvalue weighted by atomic mass is 10.1. The van der Waals surface area contributed by atoms with Crippen molar-refractivity contribution < 1.29 is 9.59 Å². The van der Waals surface area contributed by atoms with Gasteiger partial charge in [0.1, 0.15) is 0 Å². The molecule has 0 spiro atoms. The van der Waals surface area contributed by atoms with Gasteiger partial charge in [-0.2, -0.15) is 5.10 Å². The van der Waals surface area contributed by atoms with Crippen molar-refractivity contribution in [1.82, 2.24) is 14.7 Å². The van der Waals surface area contributed by atoms with E-state index in [1.165, 1.54) is 4.90 Å². The molecule has 150 valence electrons. The molecule has 0 aliphatic rings. The molecule has 2 aromatic carbocycles. The van der Waals surface area contributed by atoms with Crippen LogP contribution >= 0.6 is 11.8 Å². The summed E-state index contributed by atoms with van der Waals surface area (Å²) in [7, 11) is 3.40. The Bertz CT molecular complexity index is 1040. The highest BCUT2D eigenvalue weighted by Gasteiger charge is 2.14. The quantitative estimate of drug-likeness (QED) is 0.628. The first-order valence-electron chi connectivity index (χ1n) is 9.23. The lowest BCUT2D eigenvalue weighted by Crippen LogP contribution is -2.17. The van der Waals surface area contributed by atoms with E-state index in [2.05, 4.69) is 10.4 Å². The fourth-order valence-electron chi connectivity index (χ4n) is 2.86. The van der Waals surface area contributed by atoms with Crippen LogP contribution in [-0.2, 0) is 6.54 Å². The molecule has 0 radical (unpaired) electrons. The van der Waals surface area contributed by atoms with Crippen molar-refractivity contribution in [2.75, 3.05) is 19.4 Å². The van der Waals surface area contributed by atoms with Gasteiger partial charge in [-0.1, -0.05) is 24.3 Å². The zero-order valence-corrected chi connectivity index (χ0v) is 17.8. The van der Waals surface area contributed by atoms with Crippen molar-refractivity contribution in [3.8, 4) is 0 Å². The number of aromatic nitrogens is 2. The summed E-state index contributed by atoms with van der Waals surface area (Å²) >= 11 is 1.09. The van der Waals surface area contributed by atoms with E-state index >= 15 is 0 Å². The highest BCUT2D eigenvalue weighted by molar-refractivity contribution is 8.13. The number of benzene rings is 2. The van der Waals surface area contributed by atoms with E-state index in [-0.39, 0.29) is 11.1 Å². The van der Waals surface area contributed by atoms with E-state index in [1.54, 1.807) is 26.2 Å². The van der Waals surface area contributed by atoms with Crippen LogP contribution in [0.1, 0.15) is 27.3 Å². The molecular formula is C22H24N4O2S. The van der Waals surface area contributed by atoms with Gasteiger partial charge in [0.15, 0.2) is 0 Å². The molecule has 3 aromatic rings. The maximum absolute atomic E-state index is 12.8. The molecule has 29 heavy (non-hydrogen) atoms. The summed E-state index contributed by atoms with van der Waals surface area (Å²) in [6.07, 6.45) is 0. The van der Waals surface area contributed by atoms with Gasteiger partial charge in [-0.05, 0) is 61.5 Å². The molecule has 0 aliphatic heterocycles. The molecule has 1 heterocycles. The highest BCUT2D eigenvalue weighted by Crippen LogP contribution is 2.29. The molecule has 2 amide bonds. The predicted octanol–water partition coefficient (Wildman–Crippen LogP) is 4.57. The molecule has 0 aliphatic carbocycles. The number of hydrogen-bond acceptors (Lipinski definition) is 4. The molecule has 0 fully saturated rings. The van der Waals surface area contributed by atoms with Crippen molar-refractivity contribution >= 4 is 28.6 Å². The molecule has 1 aromatic heterocycles. The van der Waals surface area contributed by atoms with E-state index in [9.17, 15) is 9.59 Å². The minimum atomic E-state index is -0.217. The summed E-state index contributed by atoms with van der Waals surface area (Å²) in [5, 5.41) is 7.30. The Morgan fingerprint density at radius 3 is 2.52 bits per heavy atom. The Morgan fingerprint density at radius 1 is 1.07 bits per heavy atom. The molecule has 0 saturated carbocycles. The first kappa shape index (κ1) is 20.7. The van der Waals surface area contributed by atoms with Crippen LogP contribution in [0.5, 0.6) is 0 Å². The fraction of sp³-hybridized carbons (Fsp3) is 0.227. The van der Waals surface area contributed by atoms with Crippen LogP contribution in [0.25, 0.3) is 0 Å². The zero-order chi connectivity index (χ0) is 21.0. The van der Waals surface area contributed by atoms with Crippen LogP contribution in [0, 0.1) is 13.8 Å². The van der Waals surface area contributed by atoms with Crippen molar-refractivity contribution in [2.24, 2.45) is 0 Å². The molecule has 0 atom stereocenters. The maximum Gasteiger partial charge on any atom is 0.286 e. The van der Waals surface area contributed by atoms with E-state index in [4.69, 9.17) is 0 Å². The number of rotatable bonds is 5. The summed E-state index contributed by atoms with van der Waals surface area (Å²) < 4.78 is 1.92. The average molecular weight is 409 g/mol. The van der Waals surface area contributed by atoms with Crippen LogP contribution in [0.15, 0.2) is 59.5 Å². The number of anilines is 1. The molecule has 0 unspecified atom stereocenters. The lowest BCUT2D eigenvalue weighted by Gasteiger charge is -2.13. The van der Waals surface area contributed by atoms with Gasteiger partial charge < -0.3 is 10.2 Å². The van der Waals surface area contributed by atoms with E-state index < -0.39 is 0 Å². The minimum absolute atomic E-state index is 0.0985. The number of hydrogen-bond donors (Lipinski definition) is 1. The van der Waals surface area contributed by atoms with Crippen molar-refractivity contribution in [3.63, 3.8) is 0 Å². The van der Waals surface area contributed by atoms with Crippen LogP contribution in [0.2, 0.25) is 0 Å². The van der Waals surface area contributed by atoms with Gasteiger partial charge in [0, 0.05) is 30.2 Å². The standard InChI is InChI=1S/C22H24N4O2S/c1-15-12-16(2)26(24-15)14-17-8-7-9-18(13-17)21(27)23-19-10-5-6-11-20(19)29-22(28)25(3)4/h5-13H,14H2,1-4H3,(H,23,27). The Hall–Kier alpha value is -3.06. The molecular weight excluding hydrogens is 384 g/mol. The second-order valence-electron chi connectivity index (χ2n) is 7.00. The van der Waals surface area contributed by atoms with Gasteiger partial charge >= 0.3 is 0 Å². The topological polar surface area (TPSA) is 67.2 Å². The second-order valence-corrected chi connectivity index (χ2v) is 7.99. The smallest absolute Gasteiger partial charge is 0.286 e. The first-order valence-corrected chi connectivity index (χ1v) is 10.0. The number of para-hydroxylation sites is 1. The van der Waals surface area contributed by atoms with Crippen LogP contribution < -0.4 is 5.32 Å². The number of amides is 2. The van der Waals surface area contributed by atoms with Crippen LogP contribution in [-0.4, -0.2) is 39.9 Å². The summed E-state index contributed by atoms with van der Waals surface area (Å²) in [6.45, 7) is 4.58. The Kier molecular flexibility index (Phi) is 6.39. The number of thioether (sulfide) groups is 1. The monoisotopic (exact) mass is 408 g/mol. The average Bonchev–Trinajstić information content (AvgIpc) is 3.00. The summed E-state index contributed by atoms with van der Waals surface area (Å²) in [5.74, 6) is -0.217. The van der Waals surface area contributed by atoms with E-state index in [0.717, 1.165) is 28.7 Å². The molecule has 7 heteroatoms. The van der Waals surface area contributed by atoms with Crippen molar-refractivity contribution in [2.45, 2.75) is 25.3 Å². The van der Waals surface area contributed by atoms with Crippen LogP contribution in [0.4, 0.5) is 10.5 Å². The molecule has 1 N–H and O–H groups in total. The molecule has 6 nitrogen and oxygen atoms in total. The summed E-state index contributed by atoms with van der Waals surface area (Å²) in [6, 6.07) is 16.8. The molecule has 0 bridgehead atoms. The third-order valence-corrected chi connectivity index (χ3v) is 5.44. The summed E-state index contributed by atoms with van der Waals surface area (Å²) in [4.78, 5) is 27.1. The highest BCUT2D eigenvalue weighted by atomic mass is 32.2. The Balaban J connectivity index is 1.77. The lowest BCUT2D eigenvalue weighted by molar-refractivity contribution is 0.102. The number of carbonyl (C=O) groups excluding carboxylic acids is 2. The van der Waals surface area contributed by atoms with Gasteiger partial charge in [-0.15, -0.1) is 0 Å². The predicted molar refractivity (Wildman–Crippen MR) is 117 cm³/mol. The van der Waals surface area contributed by atoms with Gasteiger partial charge in [-0.3, -0.25) is 14.3 Å². The number of nitrogens with one attached hydrogen (secondary N) is 1. The Labute approximate surface area is 174 Å². The number of nitrogens with zero attached hydrogens (tertiary/aromatic N) is 3. The molecule has 0 saturated heterocycles. The Morgan fingerprint density at radius 2 is 1.83 bits per heavy atom. The minimum Gasteiger partial charge on any atom is -0.339 e. The van der Waals surface area contributed by atoms with Crippen molar-refractivity contribution in [1.29, 1.82) is 0 Å². The van der Waals surface area contributed by atoms with Crippen molar-refractivity contribution in [3.05, 3.63) is 77.1 Å². The van der Waals surface area contributed by atoms with E-state index in [1.807, 2.05) is 61.0 Å². The van der Waals surface area contributed by atoms with Gasteiger partial charge in [-0.25, -0.2) is 0 Å². The fourth-order valence-corrected chi connectivity index (χ4v) is 3.60. The van der Waals surface area contributed by atoms with Gasteiger partial charge in [0.2, 0.25) is 0 Å². The third-order valence-electron chi connectivity index (χ3n) is 4.32. The third kappa shape index (κ3) is 5.26. The first-order chi connectivity index (χ1) is 13.8. The normalized spacial score (nSPS) is 10.6. The van der Waals surface area contributed by atoms with Crippen LogP contribution in [0.3, 0.4) is 0 Å². The number of aryl methyl sites for hydroxylation is 2. The zero-order valence-electron chi connectivity index (χ0n) is 17.0. The summed E-state index contributed by atoms with van der Waals surface area (Å²) in [5.41, 5.74) is 4.21. The van der Waals surface area contributed by atoms with Gasteiger partial charge in [0.05, 0.1) is 17.9 Å². The molecule has 3 rings (SSSR count). The largest absolute Gasteiger partial charge is 0.339 e. The second kappa shape index (κ2) is 8.96. The van der Waals surface area contributed by atoms with E-state index in [0.29, 0.717) is 22.7 Å². The maximum atomic E-state index is 12.8. The van der Waals surface area contributed by atoms with Gasteiger partial charge in [0.25, 0.3) is 11.1 Å². The number of carbonyl (C=O) groups is 2. The SMILES string of the molecule is Cc1cc(C)n(Cc2cccc(C(=O)Nc3ccccc3SC(=O)N(C)C)c2)n1.